The summed E-state index contributed by atoms with van der Waals surface area (Å²) in [5, 5.41) is 10.1. The first-order valence-electron chi connectivity index (χ1n) is 11.9. The monoisotopic (exact) mass is 452 g/mol. The van der Waals surface area contributed by atoms with Crippen molar-refractivity contribution in [3.8, 4) is 0 Å². The van der Waals surface area contributed by atoms with E-state index in [-0.39, 0.29) is 17.6 Å². The maximum atomic E-state index is 13.8. The molecule has 2 aromatic rings. The van der Waals surface area contributed by atoms with E-state index in [1.807, 2.05) is 56.4 Å². The zero-order valence-electron chi connectivity index (χ0n) is 20.5. The molecule has 0 aromatic heterocycles. The molecule has 3 atom stereocenters. The summed E-state index contributed by atoms with van der Waals surface area (Å²) in [5.74, 6) is -0.102. The molecule has 1 amide bonds. The average molecular weight is 453 g/mol. The minimum absolute atomic E-state index is 0.0288. The molecule has 3 unspecified atom stereocenters. The van der Waals surface area contributed by atoms with Crippen LogP contribution in [-0.2, 0) is 4.79 Å². The molecule has 1 aliphatic rings. The number of carbonyl (C=O) groups is 1. The quantitative estimate of drug-likeness (QED) is 0.556. The highest BCUT2D eigenvalue weighted by molar-refractivity contribution is 6.10. The summed E-state index contributed by atoms with van der Waals surface area (Å²) >= 11 is 0. The summed E-state index contributed by atoms with van der Waals surface area (Å²) in [5.41, 5.74) is 1.68. The zero-order valence-corrected chi connectivity index (χ0v) is 20.5. The number of para-hydroxylation sites is 1. The second kappa shape index (κ2) is 10.9. The average Bonchev–Trinajstić information content (AvgIpc) is 3.10. The third-order valence-corrected chi connectivity index (χ3v) is 6.39. The van der Waals surface area contributed by atoms with Crippen LogP contribution in [0.25, 0.3) is 0 Å². The summed E-state index contributed by atoms with van der Waals surface area (Å²) in [4.78, 5) is 16.0. The maximum absolute atomic E-state index is 13.8. The number of halogens is 1. The number of carbonyl (C=O) groups excluding carboxylic acids is 1. The van der Waals surface area contributed by atoms with Gasteiger partial charge in [0, 0.05) is 19.0 Å². The molecule has 1 aliphatic heterocycles. The SMILES string of the molecule is CCCCC1C(c2ccc(F)cc2)=NN(c2ccccc2)C1(C)C(=O)NCC(C)CN(C)C. The molecule has 0 fully saturated rings. The number of hydrazone groups is 1. The highest BCUT2D eigenvalue weighted by atomic mass is 19.1. The van der Waals surface area contributed by atoms with Crippen molar-refractivity contribution in [2.75, 3.05) is 32.2 Å². The lowest BCUT2D eigenvalue weighted by atomic mass is 9.77. The summed E-state index contributed by atoms with van der Waals surface area (Å²) in [6, 6.07) is 16.3. The van der Waals surface area contributed by atoms with Gasteiger partial charge in [-0.3, -0.25) is 4.79 Å². The predicted octanol–water partition coefficient (Wildman–Crippen LogP) is 4.93. The van der Waals surface area contributed by atoms with E-state index in [9.17, 15) is 9.18 Å². The van der Waals surface area contributed by atoms with Crippen molar-refractivity contribution in [1.82, 2.24) is 10.2 Å². The Bertz CT molecular complexity index is 944. The number of nitrogens with zero attached hydrogens (tertiary/aromatic N) is 3. The third kappa shape index (κ3) is 5.61. The fraction of sp³-hybridized carbons (Fsp3) is 0.481. The molecule has 6 heteroatoms. The van der Waals surface area contributed by atoms with Gasteiger partial charge in [0.05, 0.1) is 11.4 Å². The molecule has 0 aliphatic carbocycles. The Kier molecular flexibility index (Phi) is 8.25. The van der Waals surface area contributed by atoms with Crippen molar-refractivity contribution in [2.45, 2.75) is 45.6 Å². The van der Waals surface area contributed by atoms with E-state index < -0.39 is 5.54 Å². The molecule has 0 radical (unpaired) electrons. The van der Waals surface area contributed by atoms with Crippen LogP contribution in [-0.4, -0.2) is 49.2 Å². The van der Waals surface area contributed by atoms with Gasteiger partial charge >= 0.3 is 0 Å². The van der Waals surface area contributed by atoms with Crippen LogP contribution in [0.4, 0.5) is 10.1 Å². The second-order valence-electron chi connectivity index (χ2n) is 9.56. The number of hydrogen-bond donors (Lipinski definition) is 1. The summed E-state index contributed by atoms with van der Waals surface area (Å²) < 4.78 is 13.6. The molecule has 0 spiro atoms. The van der Waals surface area contributed by atoms with E-state index >= 15 is 0 Å². The van der Waals surface area contributed by atoms with Crippen LogP contribution in [0.2, 0.25) is 0 Å². The van der Waals surface area contributed by atoms with E-state index in [2.05, 4.69) is 24.1 Å². The standard InChI is InChI=1S/C27H37FN4O/c1-6-7-13-24-25(21-14-16-22(28)17-15-21)30-32(23-11-9-8-10-12-23)27(24,3)26(33)29-18-20(2)19-31(4)5/h8-12,14-17,20,24H,6-7,13,18-19H2,1-5H3,(H,29,33). The van der Waals surface area contributed by atoms with Crippen molar-refractivity contribution < 1.29 is 9.18 Å². The van der Waals surface area contributed by atoms with Gasteiger partial charge in [-0.25, -0.2) is 9.40 Å². The van der Waals surface area contributed by atoms with Crippen LogP contribution in [0.1, 0.15) is 45.6 Å². The van der Waals surface area contributed by atoms with Crippen LogP contribution in [0.15, 0.2) is 59.7 Å². The number of unbranched alkanes of at least 4 members (excludes halogenated alkanes) is 1. The molecule has 1 heterocycles. The van der Waals surface area contributed by atoms with Gasteiger partial charge in [-0.1, -0.05) is 57.0 Å². The summed E-state index contributed by atoms with van der Waals surface area (Å²) in [6.45, 7) is 7.78. The van der Waals surface area contributed by atoms with Gasteiger partial charge in [-0.15, -0.1) is 0 Å². The normalized spacial score (nSPS) is 21.2. The van der Waals surface area contributed by atoms with Crippen LogP contribution in [0.5, 0.6) is 0 Å². The number of amides is 1. The molecular weight excluding hydrogens is 415 g/mol. The molecular formula is C27H37FN4O. The van der Waals surface area contributed by atoms with Gasteiger partial charge in [0.15, 0.2) is 0 Å². The first kappa shape index (κ1) is 24.9. The van der Waals surface area contributed by atoms with Crippen LogP contribution in [0.3, 0.4) is 0 Å². The third-order valence-electron chi connectivity index (χ3n) is 6.39. The number of anilines is 1. The van der Waals surface area contributed by atoms with Gasteiger partial charge in [0.1, 0.15) is 11.4 Å². The van der Waals surface area contributed by atoms with Crippen molar-refractivity contribution >= 4 is 17.3 Å². The largest absolute Gasteiger partial charge is 0.354 e. The Morgan fingerprint density at radius 3 is 2.45 bits per heavy atom. The van der Waals surface area contributed by atoms with Gasteiger partial charge in [0.25, 0.3) is 0 Å². The fourth-order valence-electron chi connectivity index (χ4n) is 4.68. The number of hydrogen-bond acceptors (Lipinski definition) is 4. The lowest BCUT2D eigenvalue weighted by Crippen LogP contribution is -2.58. The molecule has 0 saturated heterocycles. The van der Waals surface area contributed by atoms with E-state index in [1.54, 1.807) is 12.1 Å². The Morgan fingerprint density at radius 1 is 1.18 bits per heavy atom. The minimum Gasteiger partial charge on any atom is -0.354 e. The number of nitrogens with one attached hydrogen (secondary N) is 1. The van der Waals surface area contributed by atoms with Gasteiger partial charge in [-0.2, -0.15) is 5.10 Å². The maximum Gasteiger partial charge on any atom is 0.248 e. The lowest BCUT2D eigenvalue weighted by molar-refractivity contribution is -0.127. The minimum atomic E-state index is -0.891. The first-order chi connectivity index (χ1) is 15.8. The summed E-state index contributed by atoms with van der Waals surface area (Å²) in [6.07, 6.45) is 2.83. The van der Waals surface area contributed by atoms with E-state index in [0.29, 0.717) is 12.5 Å². The van der Waals surface area contributed by atoms with Crippen molar-refractivity contribution in [3.05, 3.63) is 66.0 Å². The number of benzene rings is 2. The predicted molar refractivity (Wildman–Crippen MR) is 134 cm³/mol. The van der Waals surface area contributed by atoms with E-state index in [0.717, 1.165) is 42.8 Å². The first-order valence-corrected chi connectivity index (χ1v) is 11.9. The van der Waals surface area contributed by atoms with Crippen LogP contribution < -0.4 is 10.3 Å². The van der Waals surface area contributed by atoms with Crippen molar-refractivity contribution in [3.63, 3.8) is 0 Å². The molecule has 178 valence electrons. The molecule has 1 N–H and O–H groups in total. The molecule has 0 saturated carbocycles. The van der Waals surface area contributed by atoms with Crippen molar-refractivity contribution in [2.24, 2.45) is 16.9 Å². The highest BCUT2D eigenvalue weighted by Crippen LogP contribution is 2.41. The molecule has 2 aromatic carbocycles. The van der Waals surface area contributed by atoms with Crippen molar-refractivity contribution in [1.29, 1.82) is 0 Å². The van der Waals surface area contributed by atoms with E-state index in [4.69, 9.17) is 5.10 Å². The highest BCUT2D eigenvalue weighted by Gasteiger charge is 2.53. The lowest BCUT2D eigenvalue weighted by Gasteiger charge is -2.38. The van der Waals surface area contributed by atoms with Gasteiger partial charge in [-0.05, 0) is 63.2 Å². The Labute approximate surface area is 197 Å². The second-order valence-corrected chi connectivity index (χ2v) is 9.56. The Morgan fingerprint density at radius 2 is 1.85 bits per heavy atom. The fourth-order valence-corrected chi connectivity index (χ4v) is 4.68. The van der Waals surface area contributed by atoms with Crippen LogP contribution in [0, 0.1) is 17.7 Å². The van der Waals surface area contributed by atoms with Crippen LogP contribution >= 0.6 is 0 Å². The molecule has 33 heavy (non-hydrogen) atoms. The van der Waals surface area contributed by atoms with Gasteiger partial charge in [0.2, 0.25) is 5.91 Å². The molecule has 3 rings (SSSR count). The Hall–Kier alpha value is -2.73. The number of rotatable bonds is 10. The topological polar surface area (TPSA) is 47.9 Å². The van der Waals surface area contributed by atoms with E-state index in [1.165, 1.54) is 12.1 Å². The zero-order chi connectivity index (χ0) is 24.0. The van der Waals surface area contributed by atoms with Gasteiger partial charge < -0.3 is 10.2 Å². The molecule has 0 bridgehead atoms. The Balaban J connectivity index is 2.00. The smallest absolute Gasteiger partial charge is 0.248 e. The summed E-state index contributed by atoms with van der Waals surface area (Å²) in [7, 11) is 4.08. The molecule has 5 nitrogen and oxygen atoms in total.